The summed E-state index contributed by atoms with van der Waals surface area (Å²) >= 11 is 0. The van der Waals surface area contributed by atoms with Gasteiger partial charge in [0.2, 0.25) is 6.43 Å². The van der Waals surface area contributed by atoms with E-state index in [1.165, 1.54) is 21.0 Å². The number of halogens is 2. The van der Waals surface area contributed by atoms with Crippen LogP contribution in [0, 0.1) is 5.41 Å². The van der Waals surface area contributed by atoms with Crippen LogP contribution in [0.25, 0.3) is 0 Å². The fourth-order valence-corrected chi connectivity index (χ4v) is 0.635. The lowest BCUT2D eigenvalue weighted by Crippen LogP contribution is -2.22. The lowest BCUT2D eigenvalue weighted by atomic mass is 9.88. The van der Waals surface area contributed by atoms with Crippen molar-refractivity contribution in [3.05, 3.63) is 0 Å². The normalized spacial score (nSPS) is 11.8. The van der Waals surface area contributed by atoms with Crippen molar-refractivity contribution in [1.29, 1.82) is 0 Å². The Kier molecular flexibility index (Phi) is 4.13. The summed E-state index contributed by atoms with van der Waals surface area (Å²) in [5.41, 5.74) is -1.10. The summed E-state index contributed by atoms with van der Waals surface area (Å²) in [4.78, 5) is 10.6. The van der Waals surface area contributed by atoms with Crippen LogP contribution < -0.4 is 0 Å². The van der Waals surface area contributed by atoms with Crippen molar-refractivity contribution in [3.8, 4) is 0 Å². The van der Waals surface area contributed by atoms with E-state index in [4.69, 9.17) is 0 Å². The average molecular weight is 180 g/mol. The van der Waals surface area contributed by atoms with E-state index >= 15 is 0 Å². The molecule has 0 aromatic heterocycles. The number of hydrogen-bond donors (Lipinski definition) is 0. The van der Waals surface area contributed by atoms with Gasteiger partial charge in [0.15, 0.2) is 0 Å². The average Bonchev–Trinajstić information content (AvgIpc) is 2.00. The Hall–Kier alpha value is -0.670. The van der Waals surface area contributed by atoms with Gasteiger partial charge in [-0.05, 0) is 6.42 Å². The van der Waals surface area contributed by atoms with E-state index in [0.717, 1.165) is 0 Å². The largest absolute Gasteiger partial charge is 0.469 e. The SMILES string of the molecule is COC(=O)CCC(C)(C)C(F)F. The summed E-state index contributed by atoms with van der Waals surface area (Å²) in [6.45, 7) is 2.86. The molecule has 4 heteroatoms. The van der Waals surface area contributed by atoms with Gasteiger partial charge in [-0.25, -0.2) is 8.78 Å². The fraction of sp³-hybridized carbons (Fsp3) is 0.875. The van der Waals surface area contributed by atoms with Gasteiger partial charge in [-0.2, -0.15) is 0 Å². The van der Waals surface area contributed by atoms with Gasteiger partial charge in [0.05, 0.1) is 7.11 Å². The van der Waals surface area contributed by atoms with Gasteiger partial charge in [-0.3, -0.25) is 4.79 Å². The number of carbonyl (C=O) groups excluding carboxylic acids is 1. The summed E-state index contributed by atoms with van der Waals surface area (Å²) < 4.78 is 28.8. The van der Waals surface area contributed by atoms with E-state index in [2.05, 4.69) is 4.74 Å². The molecule has 0 saturated carbocycles. The molecule has 0 amide bonds. The first-order valence-corrected chi connectivity index (χ1v) is 3.75. The van der Waals surface area contributed by atoms with Crippen molar-refractivity contribution in [2.24, 2.45) is 5.41 Å². The van der Waals surface area contributed by atoms with Gasteiger partial charge in [-0.15, -0.1) is 0 Å². The van der Waals surface area contributed by atoms with Crippen LogP contribution in [0.5, 0.6) is 0 Å². The zero-order chi connectivity index (χ0) is 9.78. The van der Waals surface area contributed by atoms with Crippen LogP contribution in [0.2, 0.25) is 0 Å². The zero-order valence-electron chi connectivity index (χ0n) is 7.56. The topological polar surface area (TPSA) is 26.3 Å². The Labute approximate surface area is 70.9 Å². The Bertz CT molecular complexity index is 155. The van der Waals surface area contributed by atoms with E-state index in [1.807, 2.05) is 0 Å². The molecule has 0 atom stereocenters. The quantitative estimate of drug-likeness (QED) is 0.620. The van der Waals surface area contributed by atoms with Gasteiger partial charge in [0.25, 0.3) is 0 Å². The molecule has 0 aromatic rings. The molecule has 0 aromatic carbocycles. The van der Waals surface area contributed by atoms with E-state index < -0.39 is 17.8 Å². The summed E-state index contributed by atoms with van der Waals surface area (Å²) in [6, 6.07) is 0. The van der Waals surface area contributed by atoms with Crippen molar-refractivity contribution in [2.75, 3.05) is 7.11 Å². The second-order valence-corrected chi connectivity index (χ2v) is 3.37. The Morgan fingerprint density at radius 2 is 2.00 bits per heavy atom. The standard InChI is InChI=1S/C8H14F2O2/c1-8(2,7(9)10)5-4-6(11)12-3/h7H,4-5H2,1-3H3. The molecule has 0 bridgehead atoms. The van der Waals surface area contributed by atoms with E-state index in [0.29, 0.717) is 0 Å². The first-order chi connectivity index (χ1) is 5.40. The number of hydrogen-bond acceptors (Lipinski definition) is 2. The third-order valence-electron chi connectivity index (χ3n) is 1.79. The van der Waals surface area contributed by atoms with Gasteiger partial charge < -0.3 is 4.74 Å². The molecule has 0 unspecified atom stereocenters. The maximum absolute atomic E-state index is 12.2. The molecule has 0 aliphatic heterocycles. The predicted octanol–water partition coefficient (Wildman–Crippen LogP) is 2.23. The number of esters is 1. The number of alkyl halides is 2. The van der Waals surface area contributed by atoms with Crippen LogP contribution in [0.3, 0.4) is 0 Å². The fourth-order valence-electron chi connectivity index (χ4n) is 0.635. The second kappa shape index (κ2) is 4.38. The molecular formula is C8H14F2O2. The Morgan fingerprint density at radius 1 is 1.50 bits per heavy atom. The lowest BCUT2D eigenvalue weighted by Gasteiger charge is -2.22. The van der Waals surface area contributed by atoms with Crippen LogP contribution in [-0.4, -0.2) is 19.5 Å². The molecular weight excluding hydrogens is 166 g/mol. The van der Waals surface area contributed by atoms with Crippen LogP contribution in [-0.2, 0) is 9.53 Å². The third-order valence-corrected chi connectivity index (χ3v) is 1.79. The molecule has 0 radical (unpaired) electrons. The summed E-state index contributed by atoms with van der Waals surface area (Å²) in [5, 5.41) is 0. The van der Waals surface area contributed by atoms with Crippen molar-refractivity contribution in [1.82, 2.24) is 0 Å². The van der Waals surface area contributed by atoms with Gasteiger partial charge >= 0.3 is 5.97 Å². The van der Waals surface area contributed by atoms with Gasteiger partial charge in [-0.1, -0.05) is 13.8 Å². The molecule has 72 valence electrons. The van der Waals surface area contributed by atoms with E-state index in [9.17, 15) is 13.6 Å². The summed E-state index contributed by atoms with van der Waals surface area (Å²) in [5.74, 6) is -0.441. The Balaban J connectivity index is 3.83. The minimum atomic E-state index is -2.40. The number of rotatable bonds is 4. The highest BCUT2D eigenvalue weighted by atomic mass is 19.3. The first-order valence-electron chi connectivity index (χ1n) is 3.75. The number of ether oxygens (including phenoxy) is 1. The highest BCUT2D eigenvalue weighted by molar-refractivity contribution is 5.69. The van der Waals surface area contributed by atoms with Crippen molar-refractivity contribution < 1.29 is 18.3 Å². The molecule has 0 N–H and O–H groups in total. The molecule has 0 aliphatic rings. The maximum atomic E-state index is 12.2. The lowest BCUT2D eigenvalue weighted by molar-refractivity contribution is -0.141. The van der Waals surface area contributed by atoms with Crippen LogP contribution in [0.15, 0.2) is 0 Å². The molecule has 0 fully saturated rings. The highest BCUT2D eigenvalue weighted by Crippen LogP contribution is 2.30. The van der Waals surface area contributed by atoms with E-state index in [-0.39, 0.29) is 12.8 Å². The van der Waals surface area contributed by atoms with Gasteiger partial charge in [0.1, 0.15) is 0 Å². The molecule has 0 rings (SSSR count). The third kappa shape index (κ3) is 3.64. The number of methoxy groups -OCH3 is 1. The molecule has 0 aliphatic carbocycles. The van der Waals surface area contributed by atoms with Crippen LogP contribution in [0.4, 0.5) is 8.78 Å². The monoisotopic (exact) mass is 180 g/mol. The second-order valence-electron chi connectivity index (χ2n) is 3.37. The van der Waals surface area contributed by atoms with Crippen LogP contribution in [0.1, 0.15) is 26.7 Å². The van der Waals surface area contributed by atoms with Gasteiger partial charge in [0, 0.05) is 11.8 Å². The molecule has 12 heavy (non-hydrogen) atoms. The summed E-state index contributed by atoms with van der Waals surface area (Å²) in [6.07, 6.45) is -2.20. The minimum Gasteiger partial charge on any atom is -0.469 e. The highest BCUT2D eigenvalue weighted by Gasteiger charge is 2.29. The van der Waals surface area contributed by atoms with Crippen LogP contribution >= 0.6 is 0 Å². The molecule has 0 spiro atoms. The Morgan fingerprint density at radius 3 is 2.33 bits per heavy atom. The number of carbonyl (C=O) groups is 1. The van der Waals surface area contributed by atoms with Crippen molar-refractivity contribution in [3.63, 3.8) is 0 Å². The molecule has 0 heterocycles. The minimum absolute atomic E-state index is 0.0494. The smallest absolute Gasteiger partial charge is 0.305 e. The predicted molar refractivity (Wildman–Crippen MR) is 41.0 cm³/mol. The molecule has 2 nitrogen and oxygen atoms in total. The first kappa shape index (κ1) is 11.3. The molecule has 0 saturated heterocycles. The zero-order valence-corrected chi connectivity index (χ0v) is 7.56. The summed E-state index contributed by atoms with van der Waals surface area (Å²) in [7, 11) is 1.25. The maximum Gasteiger partial charge on any atom is 0.305 e. The van der Waals surface area contributed by atoms with E-state index in [1.54, 1.807) is 0 Å². The van der Waals surface area contributed by atoms with Crippen molar-refractivity contribution >= 4 is 5.97 Å². The van der Waals surface area contributed by atoms with Crippen molar-refractivity contribution in [2.45, 2.75) is 33.1 Å².